The van der Waals surface area contributed by atoms with Crippen molar-refractivity contribution < 1.29 is 27.8 Å². The molecule has 0 aromatic heterocycles. The fraction of sp³-hybridized carbons (Fsp3) is 0.462. The number of hydrogen-bond donors (Lipinski definition) is 0. The van der Waals surface area contributed by atoms with Crippen molar-refractivity contribution >= 4 is 5.78 Å². The first-order valence-electron chi connectivity index (χ1n) is 5.87. The van der Waals surface area contributed by atoms with Crippen LogP contribution in [-0.4, -0.2) is 38.3 Å². The van der Waals surface area contributed by atoms with Gasteiger partial charge in [0, 0.05) is 19.6 Å². The van der Waals surface area contributed by atoms with Crippen LogP contribution in [0.3, 0.4) is 0 Å². The minimum atomic E-state index is -0.796. The molecule has 1 aliphatic rings. The highest BCUT2D eigenvalue weighted by Crippen LogP contribution is 2.27. The van der Waals surface area contributed by atoms with Gasteiger partial charge in [-0.15, -0.1) is 0 Å². The Balaban J connectivity index is 1.93. The summed E-state index contributed by atoms with van der Waals surface area (Å²) in [5.74, 6) is -1.65. The van der Waals surface area contributed by atoms with Gasteiger partial charge in [-0.25, -0.2) is 8.78 Å². The number of ether oxygens (including phenoxy) is 3. The first-order valence-corrected chi connectivity index (χ1v) is 5.87. The zero-order valence-electron chi connectivity index (χ0n) is 10.4. The summed E-state index contributed by atoms with van der Waals surface area (Å²) in [6, 6.07) is 3.02. The number of methoxy groups -OCH3 is 1. The summed E-state index contributed by atoms with van der Waals surface area (Å²) in [6.45, 7) is 0.625. The first kappa shape index (κ1) is 13.9. The molecule has 0 aliphatic heterocycles. The Morgan fingerprint density at radius 3 is 2.74 bits per heavy atom. The van der Waals surface area contributed by atoms with E-state index in [9.17, 15) is 13.6 Å². The molecule has 1 saturated carbocycles. The van der Waals surface area contributed by atoms with E-state index in [0.717, 1.165) is 12.1 Å². The zero-order chi connectivity index (χ0) is 13.8. The van der Waals surface area contributed by atoms with Crippen LogP contribution >= 0.6 is 0 Å². The van der Waals surface area contributed by atoms with Gasteiger partial charge in [-0.05, 0) is 12.1 Å². The summed E-state index contributed by atoms with van der Waals surface area (Å²) in [5, 5.41) is 0. The Bertz CT molecular complexity index is 464. The van der Waals surface area contributed by atoms with Gasteiger partial charge in [0.05, 0.1) is 13.2 Å². The number of rotatable bonds is 6. The summed E-state index contributed by atoms with van der Waals surface area (Å²) in [4.78, 5) is 11.4. The summed E-state index contributed by atoms with van der Waals surface area (Å²) in [5.41, 5.74) is 0. The van der Waals surface area contributed by atoms with Gasteiger partial charge in [-0.3, -0.25) is 4.79 Å². The molecule has 19 heavy (non-hydrogen) atoms. The second kappa shape index (κ2) is 6.08. The van der Waals surface area contributed by atoms with E-state index in [-0.39, 0.29) is 24.6 Å². The molecule has 6 heteroatoms. The number of Topliss-reactive ketones (excluding diaryl/α,β-unsaturated/α-hetero) is 1. The predicted octanol–water partition coefficient (Wildman–Crippen LogP) is 1.72. The first-order chi connectivity index (χ1) is 9.11. The predicted molar refractivity (Wildman–Crippen MR) is 62.0 cm³/mol. The second-order valence-corrected chi connectivity index (χ2v) is 4.19. The fourth-order valence-electron chi connectivity index (χ4n) is 1.76. The van der Waals surface area contributed by atoms with Crippen LogP contribution in [0, 0.1) is 11.6 Å². The van der Waals surface area contributed by atoms with Crippen LogP contribution in [0.5, 0.6) is 5.75 Å². The van der Waals surface area contributed by atoms with Crippen LogP contribution in [-0.2, 0) is 14.3 Å². The van der Waals surface area contributed by atoms with Gasteiger partial charge in [0.25, 0.3) is 0 Å². The normalized spacial score (nSPS) is 22.2. The SMILES string of the molecule is COCCOC1C(=O)CC1Oc1ccc(F)cc1F. The molecule has 0 heterocycles. The molecule has 104 valence electrons. The molecule has 2 unspecified atom stereocenters. The molecule has 4 nitrogen and oxygen atoms in total. The average Bonchev–Trinajstić information content (AvgIpc) is 2.37. The van der Waals surface area contributed by atoms with Crippen LogP contribution < -0.4 is 4.74 Å². The molecule has 2 atom stereocenters. The Morgan fingerprint density at radius 2 is 2.11 bits per heavy atom. The average molecular weight is 272 g/mol. The van der Waals surface area contributed by atoms with E-state index >= 15 is 0 Å². The molecule has 1 aromatic rings. The molecular formula is C13H14F2O4. The molecular weight excluding hydrogens is 258 g/mol. The van der Waals surface area contributed by atoms with Gasteiger partial charge in [0.2, 0.25) is 0 Å². The number of carbonyl (C=O) groups is 1. The monoisotopic (exact) mass is 272 g/mol. The lowest BCUT2D eigenvalue weighted by molar-refractivity contribution is -0.156. The maximum atomic E-state index is 13.4. The second-order valence-electron chi connectivity index (χ2n) is 4.19. The number of carbonyl (C=O) groups excluding carboxylic acids is 1. The van der Waals surface area contributed by atoms with Gasteiger partial charge < -0.3 is 14.2 Å². The topological polar surface area (TPSA) is 44.8 Å². The Kier molecular flexibility index (Phi) is 4.44. The van der Waals surface area contributed by atoms with Crippen molar-refractivity contribution in [3.63, 3.8) is 0 Å². The van der Waals surface area contributed by atoms with Crippen molar-refractivity contribution in [2.45, 2.75) is 18.6 Å². The van der Waals surface area contributed by atoms with E-state index in [1.165, 1.54) is 13.2 Å². The third-order valence-electron chi connectivity index (χ3n) is 2.81. The van der Waals surface area contributed by atoms with Crippen LogP contribution in [0.15, 0.2) is 18.2 Å². The summed E-state index contributed by atoms with van der Waals surface area (Å²) in [7, 11) is 1.52. The van der Waals surface area contributed by atoms with Crippen molar-refractivity contribution in [1.82, 2.24) is 0 Å². The highest BCUT2D eigenvalue weighted by Gasteiger charge is 2.43. The van der Waals surface area contributed by atoms with E-state index in [4.69, 9.17) is 14.2 Å². The minimum Gasteiger partial charge on any atom is -0.484 e. The van der Waals surface area contributed by atoms with E-state index < -0.39 is 23.8 Å². The number of ketones is 1. The molecule has 0 amide bonds. The van der Waals surface area contributed by atoms with Crippen LogP contribution in [0.4, 0.5) is 8.78 Å². The molecule has 2 rings (SSSR count). The highest BCUT2D eigenvalue weighted by molar-refractivity contribution is 5.90. The van der Waals surface area contributed by atoms with Gasteiger partial charge >= 0.3 is 0 Å². The Morgan fingerprint density at radius 1 is 1.32 bits per heavy atom. The quantitative estimate of drug-likeness (QED) is 0.740. The molecule has 0 N–H and O–H groups in total. The van der Waals surface area contributed by atoms with Crippen molar-refractivity contribution in [3.05, 3.63) is 29.8 Å². The van der Waals surface area contributed by atoms with E-state index in [2.05, 4.69) is 0 Å². The number of hydrogen-bond acceptors (Lipinski definition) is 4. The summed E-state index contributed by atoms with van der Waals surface area (Å²) >= 11 is 0. The Hall–Kier alpha value is -1.53. The zero-order valence-corrected chi connectivity index (χ0v) is 10.4. The minimum absolute atomic E-state index is 0.0840. The molecule has 1 aliphatic carbocycles. The van der Waals surface area contributed by atoms with Crippen molar-refractivity contribution in [3.8, 4) is 5.75 Å². The lowest BCUT2D eigenvalue weighted by Crippen LogP contribution is -2.52. The molecule has 0 saturated heterocycles. The third kappa shape index (κ3) is 3.27. The number of halogens is 2. The van der Waals surface area contributed by atoms with Gasteiger partial charge in [-0.2, -0.15) is 0 Å². The fourth-order valence-corrected chi connectivity index (χ4v) is 1.76. The molecule has 1 fully saturated rings. The van der Waals surface area contributed by atoms with Crippen molar-refractivity contribution in [1.29, 1.82) is 0 Å². The van der Waals surface area contributed by atoms with Gasteiger partial charge in [-0.1, -0.05) is 0 Å². The van der Waals surface area contributed by atoms with Crippen molar-refractivity contribution in [2.75, 3.05) is 20.3 Å². The van der Waals surface area contributed by atoms with Gasteiger partial charge in [0.15, 0.2) is 23.5 Å². The van der Waals surface area contributed by atoms with Crippen molar-refractivity contribution in [2.24, 2.45) is 0 Å². The molecule has 1 aromatic carbocycles. The number of benzene rings is 1. The Labute approximate surface area is 109 Å². The van der Waals surface area contributed by atoms with Crippen LogP contribution in [0.2, 0.25) is 0 Å². The standard InChI is InChI=1S/C13H14F2O4/c1-17-4-5-18-13-10(16)7-12(13)19-11-3-2-8(14)6-9(11)15/h2-3,6,12-13H,4-5,7H2,1H3. The highest BCUT2D eigenvalue weighted by atomic mass is 19.1. The maximum absolute atomic E-state index is 13.4. The van der Waals surface area contributed by atoms with Crippen LogP contribution in [0.1, 0.15) is 6.42 Å². The van der Waals surface area contributed by atoms with E-state index in [1.807, 2.05) is 0 Å². The lowest BCUT2D eigenvalue weighted by atomic mass is 9.90. The molecule has 0 bridgehead atoms. The third-order valence-corrected chi connectivity index (χ3v) is 2.81. The molecule has 0 spiro atoms. The molecule has 0 radical (unpaired) electrons. The lowest BCUT2D eigenvalue weighted by Gasteiger charge is -2.34. The summed E-state index contributed by atoms with van der Waals surface area (Å²) < 4.78 is 41.5. The van der Waals surface area contributed by atoms with Crippen LogP contribution in [0.25, 0.3) is 0 Å². The van der Waals surface area contributed by atoms with E-state index in [1.54, 1.807) is 0 Å². The maximum Gasteiger partial charge on any atom is 0.169 e. The largest absolute Gasteiger partial charge is 0.484 e. The van der Waals surface area contributed by atoms with Gasteiger partial charge in [0.1, 0.15) is 11.9 Å². The smallest absolute Gasteiger partial charge is 0.169 e. The summed E-state index contributed by atoms with van der Waals surface area (Å²) in [6.07, 6.45) is -1.09. The van der Waals surface area contributed by atoms with E-state index in [0.29, 0.717) is 6.61 Å².